The number of rotatable bonds is 5. The Balaban J connectivity index is 2.70. The predicted molar refractivity (Wildman–Crippen MR) is 62.5 cm³/mol. The first-order valence-corrected chi connectivity index (χ1v) is 5.56. The SMILES string of the molecule is CNC(COC)Cc1ccc(F)cc1Br. The van der Waals surface area contributed by atoms with E-state index >= 15 is 0 Å². The molecule has 0 aliphatic heterocycles. The molecule has 84 valence electrons. The Morgan fingerprint density at radius 2 is 2.27 bits per heavy atom. The molecule has 1 aromatic carbocycles. The van der Waals surface area contributed by atoms with Gasteiger partial charge in [-0.25, -0.2) is 4.39 Å². The summed E-state index contributed by atoms with van der Waals surface area (Å²) in [7, 11) is 3.56. The first-order valence-electron chi connectivity index (χ1n) is 4.77. The summed E-state index contributed by atoms with van der Waals surface area (Å²) in [4.78, 5) is 0. The minimum absolute atomic E-state index is 0.224. The van der Waals surface area contributed by atoms with Gasteiger partial charge >= 0.3 is 0 Å². The lowest BCUT2D eigenvalue weighted by Gasteiger charge is -2.15. The van der Waals surface area contributed by atoms with Crippen LogP contribution in [0.25, 0.3) is 0 Å². The summed E-state index contributed by atoms with van der Waals surface area (Å²) in [5.41, 5.74) is 1.08. The van der Waals surface area contributed by atoms with E-state index in [1.54, 1.807) is 13.2 Å². The molecule has 4 heteroatoms. The van der Waals surface area contributed by atoms with Crippen molar-refractivity contribution >= 4 is 15.9 Å². The lowest BCUT2D eigenvalue weighted by atomic mass is 10.1. The van der Waals surface area contributed by atoms with Crippen molar-refractivity contribution in [2.24, 2.45) is 0 Å². The van der Waals surface area contributed by atoms with Crippen LogP contribution >= 0.6 is 15.9 Å². The Labute approximate surface area is 98.0 Å². The zero-order chi connectivity index (χ0) is 11.3. The van der Waals surface area contributed by atoms with Gasteiger partial charge in [-0.1, -0.05) is 22.0 Å². The number of hydrogen-bond donors (Lipinski definition) is 1. The molecule has 1 rings (SSSR count). The van der Waals surface area contributed by atoms with Gasteiger partial charge in [0.2, 0.25) is 0 Å². The molecule has 0 spiro atoms. The van der Waals surface area contributed by atoms with Crippen LogP contribution in [0.2, 0.25) is 0 Å². The summed E-state index contributed by atoms with van der Waals surface area (Å²) in [6, 6.07) is 4.99. The van der Waals surface area contributed by atoms with E-state index in [-0.39, 0.29) is 11.9 Å². The third kappa shape index (κ3) is 3.89. The molecule has 0 radical (unpaired) electrons. The van der Waals surface area contributed by atoms with Crippen LogP contribution < -0.4 is 5.32 Å². The molecule has 1 unspecified atom stereocenters. The van der Waals surface area contributed by atoms with Crippen LogP contribution in [-0.2, 0) is 11.2 Å². The van der Waals surface area contributed by atoms with Crippen LogP contribution in [0, 0.1) is 5.82 Å². The summed E-state index contributed by atoms with van der Waals surface area (Å²) in [6.45, 7) is 0.639. The van der Waals surface area contributed by atoms with E-state index in [1.807, 2.05) is 7.05 Å². The van der Waals surface area contributed by atoms with Crippen LogP contribution in [0.1, 0.15) is 5.56 Å². The van der Waals surface area contributed by atoms with Gasteiger partial charge in [-0.2, -0.15) is 0 Å². The van der Waals surface area contributed by atoms with E-state index < -0.39 is 0 Å². The number of nitrogens with one attached hydrogen (secondary N) is 1. The van der Waals surface area contributed by atoms with Gasteiger partial charge in [0.05, 0.1) is 6.61 Å². The minimum atomic E-state index is -0.224. The second-order valence-electron chi connectivity index (χ2n) is 3.38. The van der Waals surface area contributed by atoms with Crippen molar-refractivity contribution in [3.05, 3.63) is 34.1 Å². The summed E-state index contributed by atoms with van der Waals surface area (Å²) in [5.74, 6) is -0.224. The summed E-state index contributed by atoms with van der Waals surface area (Å²) < 4.78 is 18.7. The molecule has 0 fully saturated rings. The summed E-state index contributed by atoms with van der Waals surface area (Å²) >= 11 is 3.35. The van der Waals surface area contributed by atoms with Gasteiger partial charge in [0.25, 0.3) is 0 Å². The highest BCUT2D eigenvalue weighted by atomic mass is 79.9. The first-order chi connectivity index (χ1) is 7.17. The van der Waals surface area contributed by atoms with Gasteiger partial charge in [0.15, 0.2) is 0 Å². The molecule has 1 aromatic rings. The van der Waals surface area contributed by atoms with Crippen LogP contribution in [0.4, 0.5) is 4.39 Å². The van der Waals surface area contributed by atoms with Crippen molar-refractivity contribution in [3.8, 4) is 0 Å². The maximum atomic E-state index is 12.8. The number of halogens is 2. The van der Waals surface area contributed by atoms with Gasteiger partial charge in [0, 0.05) is 17.6 Å². The quantitative estimate of drug-likeness (QED) is 0.891. The molecular formula is C11H15BrFNO. The topological polar surface area (TPSA) is 21.3 Å². The highest BCUT2D eigenvalue weighted by molar-refractivity contribution is 9.10. The Kier molecular flexibility index (Phi) is 5.22. The zero-order valence-corrected chi connectivity index (χ0v) is 10.5. The largest absolute Gasteiger partial charge is 0.383 e. The van der Waals surface area contributed by atoms with Crippen molar-refractivity contribution in [2.45, 2.75) is 12.5 Å². The second kappa shape index (κ2) is 6.20. The van der Waals surface area contributed by atoms with E-state index in [2.05, 4.69) is 21.2 Å². The van der Waals surface area contributed by atoms with Crippen molar-refractivity contribution in [3.63, 3.8) is 0 Å². The van der Waals surface area contributed by atoms with Gasteiger partial charge < -0.3 is 10.1 Å². The highest BCUT2D eigenvalue weighted by Crippen LogP contribution is 2.19. The van der Waals surface area contributed by atoms with Crippen molar-refractivity contribution < 1.29 is 9.13 Å². The van der Waals surface area contributed by atoms with Crippen LogP contribution in [0.5, 0.6) is 0 Å². The van der Waals surface area contributed by atoms with E-state index in [4.69, 9.17) is 4.74 Å². The van der Waals surface area contributed by atoms with Crippen molar-refractivity contribution in [1.29, 1.82) is 0 Å². The standard InChI is InChI=1S/C11H15BrFNO/c1-14-10(7-15-2)5-8-3-4-9(13)6-11(8)12/h3-4,6,10,14H,5,7H2,1-2H3. The Bertz CT molecular complexity index is 319. The summed E-state index contributed by atoms with van der Waals surface area (Å²) in [6.07, 6.45) is 0.811. The maximum Gasteiger partial charge on any atom is 0.124 e. The Morgan fingerprint density at radius 1 is 1.53 bits per heavy atom. The third-order valence-electron chi connectivity index (χ3n) is 2.26. The van der Waals surface area contributed by atoms with Gasteiger partial charge in [-0.3, -0.25) is 0 Å². The molecule has 0 saturated carbocycles. The van der Waals surface area contributed by atoms with Crippen LogP contribution in [0.15, 0.2) is 22.7 Å². The van der Waals surface area contributed by atoms with Gasteiger partial charge in [-0.05, 0) is 31.2 Å². The van der Waals surface area contributed by atoms with Crippen molar-refractivity contribution in [2.75, 3.05) is 20.8 Å². The van der Waals surface area contributed by atoms with E-state index in [9.17, 15) is 4.39 Å². The number of benzene rings is 1. The molecular weight excluding hydrogens is 261 g/mol. The molecule has 0 bridgehead atoms. The smallest absolute Gasteiger partial charge is 0.124 e. The molecule has 1 atom stereocenters. The second-order valence-corrected chi connectivity index (χ2v) is 4.24. The monoisotopic (exact) mass is 275 g/mol. The molecule has 0 heterocycles. The van der Waals surface area contributed by atoms with Gasteiger partial charge in [0.1, 0.15) is 5.82 Å². The number of likely N-dealkylation sites (N-methyl/N-ethyl adjacent to an activating group) is 1. The van der Waals surface area contributed by atoms with Crippen molar-refractivity contribution in [1.82, 2.24) is 5.32 Å². The van der Waals surface area contributed by atoms with Gasteiger partial charge in [-0.15, -0.1) is 0 Å². The lowest BCUT2D eigenvalue weighted by molar-refractivity contribution is 0.169. The summed E-state index contributed by atoms with van der Waals surface area (Å²) in [5, 5.41) is 3.15. The average molecular weight is 276 g/mol. The predicted octanol–water partition coefficient (Wildman–Crippen LogP) is 2.37. The number of ether oxygens (including phenoxy) is 1. The fourth-order valence-electron chi connectivity index (χ4n) is 1.40. The molecule has 15 heavy (non-hydrogen) atoms. The molecule has 2 nitrogen and oxygen atoms in total. The fourth-order valence-corrected chi connectivity index (χ4v) is 1.91. The van der Waals surface area contributed by atoms with Crippen LogP contribution in [-0.4, -0.2) is 26.8 Å². The average Bonchev–Trinajstić information content (AvgIpc) is 2.21. The highest BCUT2D eigenvalue weighted by Gasteiger charge is 2.09. The zero-order valence-electron chi connectivity index (χ0n) is 8.89. The lowest BCUT2D eigenvalue weighted by Crippen LogP contribution is -2.32. The van der Waals surface area contributed by atoms with E-state index in [0.29, 0.717) is 6.61 Å². The van der Waals surface area contributed by atoms with Crippen LogP contribution in [0.3, 0.4) is 0 Å². The molecule has 1 N–H and O–H groups in total. The normalized spacial score (nSPS) is 12.8. The maximum absolute atomic E-state index is 12.8. The molecule has 0 saturated heterocycles. The fraction of sp³-hybridized carbons (Fsp3) is 0.455. The third-order valence-corrected chi connectivity index (χ3v) is 3.00. The molecule has 0 aliphatic rings. The number of methoxy groups -OCH3 is 1. The molecule has 0 amide bonds. The Morgan fingerprint density at radius 3 is 2.80 bits per heavy atom. The number of hydrogen-bond acceptors (Lipinski definition) is 2. The minimum Gasteiger partial charge on any atom is -0.383 e. The first kappa shape index (κ1) is 12.6. The molecule has 0 aromatic heterocycles. The van der Waals surface area contributed by atoms with E-state index in [1.165, 1.54) is 12.1 Å². The Hall–Kier alpha value is -0.450. The molecule has 0 aliphatic carbocycles. The van der Waals surface area contributed by atoms with E-state index in [0.717, 1.165) is 16.5 Å².